The normalized spacial score (nSPS) is 14.9. The summed E-state index contributed by atoms with van der Waals surface area (Å²) < 4.78 is 11.0. The minimum Gasteiger partial charge on any atom is -0.497 e. The number of thioether (sulfide) groups is 1. The summed E-state index contributed by atoms with van der Waals surface area (Å²) >= 11 is 6.81. The summed E-state index contributed by atoms with van der Waals surface area (Å²) in [5.41, 5.74) is 2.24. The third-order valence-corrected chi connectivity index (χ3v) is 5.70. The molecule has 0 radical (unpaired) electrons. The van der Waals surface area contributed by atoms with Gasteiger partial charge in [-0.25, -0.2) is 4.90 Å². The first kappa shape index (κ1) is 21.0. The molecule has 0 bridgehead atoms. The van der Waals surface area contributed by atoms with Crippen molar-refractivity contribution in [2.75, 3.05) is 12.0 Å². The molecule has 1 heterocycles. The zero-order chi connectivity index (χ0) is 21.8. The van der Waals surface area contributed by atoms with Crippen molar-refractivity contribution in [3.8, 4) is 11.5 Å². The second-order valence-corrected chi connectivity index (χ2v) is 8.14. The predicted octanol–water partition coefficient (Wildman–Crippen LogP) is 6.17. The summed E-state index contributed by atoms with van der Waals surface area (Å²) in [5, 5.41) is 0.327. The summed E-state index contributed by atoms with van der Waals surface area (Å²) in [7, 11) is 1.54. The van der Waals surface area contributed by atoms with Crippen LogP contribution in [0.5, 0.6) is 11.5 Å². The van der Waals surface area contributed by atoms with Crippen LogP contribution in [0, 0.1) is 0 Å². The maximum atomic E-state index is 12.9. The minimum absolute atomic E-state index is 0.348. The van der Waals surface area contributed by atoms with Gasteiger partial charge in [-0.2, -0.15) is 0 Å². The number of carbonyl (C=O) groups excluding carboxylic acids is 2. The number of hydrogen-bond acceptors (Lipinski definition) is 5. The molecule has 1 fully saturated rings. The summed E-state index contributed by atoms with van der Waals surface area (Å²) in [4.78, 5) is 26.9. The lowest BCUT2D eigenvalue weighted by Gasteiger charge is -2.13. The summed E-state index contributed by atoms with van der Waals surface area (Å²) in [6.07, 6.45) is 1.69. The van der Waals surface area contributed by atoms with E-state index >= 15 is 0 Å². The fourth-order valence-electron chi connectivity index (χ4n) is 3.03. The van der Waals surface area contributed by atoms with E-state index in [-0.39, 0.29) is 11.1 Å². The first-order valence-electron chi connectivity index (χ1n) is 9.43. The van der Waals surface area contributed by atoms with Crippen LogP contribution in [0.15, 0.2) is 77.7 Å². The summed E-state index contributed by atoms with van der Waals surface area (Å²) in [6.45, 7) is 0.396. The molecule has 3 aromatic rings. The van der Waals surface area contributed by atoms with Crippen molar-refractivity contribution in [1.29, 1.82) is 0 Å². The van der Waals surface area contributed by atoms with Crippen molar-refractivity contribution < 1.29 is 19.1 Å². The predicted molar refractivity (Wildman–Crippen MR) is 124 cm³/mol. The highest BCUT2D eigenvalue weighted by molar-refractivity contribution is 8.19. The minimum atomic E-state index is -0.365. The first-order chi connectivity index (χ1) is 15.0. The Morgan fingerprint density at radius 3 is 2.48 bits per heavy atom. The van der Waals surface area contributed by atoms with E-state index in [0.717, 1.165) is 27.8 Å². The van der Waals surface area contributed by atoms with Crippen molar-refractivity contribution in [2.45, 2.75) is 6.61 Å². The molecule has 7 heteroatoms. The first-order valence-corrected chi connectivity index (χ1v) is 10.6. The van der Waals surface area contributed by atoms with Gasteiger partial charge in [0.05, 0.1) is 17.7 Å². The van der Waals surface area contributed by atoms with Gasteiger partial charge in [-0.05, 0) is 65.4 Å². The Balaban J connectivity index is 1.50. The van der Waals surface area contributed by atoms with Crippen molar-refractivity contribution in [1.82, 2.24) is 0 Å². The third-order valence-electron chi connectivity index (χ3n) is 4.58. The Labute approximate surface area is 189 Å². The molecule has 0 spiro atoms. The van der Waals surface area contributed by atoms with E-state index in [2.05, 4.69) is 0 Å². The van der Waals surface area contributed by atoms with Gasteiger partial charge >= 0.3 is 0 Å². The molecule has 0 saturated carbocycles. The van der Waals surface area contributed by atoms with E-state index < -0.39 is 0 Å². The molecule has 31 heavy (non-hydrogen) atoms. The monoisotopic (exact) mass is 451 g/mol. The zero-order valence-corrected chi connectivity index (χ0v) is 18.2. The molecule has 2 amide bonds. The highest BCUT2D eigenvalue weighted by Gasteiger charge is 2.36. The van der Waals surface area contributed by atoms with E-state index in [9.17, 15) is 9.59 Å². The number of anilines is 1. The van der Waals surface area contributed by atoms with Gasteiger partial charge in [0, 0.05) is 11.1 Å². The molecule has 1 aliphatic heterocycles. The van der Waals surface area contributed by atoms with E-state index in [4.69, 9.17) is 21.1 Å². The Bertz CT molecular complexity index is 1160. The Morgan fingerprint density at radius 2 is 1.71 bits per heavy atom. The molecule has 1 aliphatic rings. The lowest BCUT2D eigenvalue weighted by molar-refractivity contribution is -0.113. The van der Waals surface area contributed by atoms with E-state index in [1.807, 2.05) is 48.5 Å². The molecule has 5 nitrogen and oxygen atoms in total. The molecule has 0 N–H and O–H groups in total. The number of rotatable bonds is 6. The van der Waals surface area contributed by atoms with Crippen molar-refractivity contribution in [3.63, 3.8) is 0 Å². The van der Waals surface area contributed by atoms with Crippen molar-refractivity contribution in [3.05, 3.63) is 93.9 Å². The van der Waals surface area contributed by atoms with Crippen LogP contribution in [0.2, 0.25) is 5.02 Å². The number of amides is 2. The average molecular weight is 452 g/mol. The summed E-state index contributed by atoms with van der Waals surface area (Å²) in [6, 6.07) is 21.7. The number of imide groups is 1. The van der Waals surface area contributed by atoms with Crippen LogP contribution in [0.4, 0.5) is 10.5 Å². The fraction of sp³-hybridized carbons (Fsp3) is 0.0833. The number of ether oxygens (including phenoxy) is 2. The molecular weight excluding hydrogens is 434 g/mol. The smallest absolute Gasteiger partial charge is 0.298 e. The zero-order valence-electron chi connectivity index (χ0n) is 16.6. The molecule has 156 valence electrons. The number of nitrogens with zero attached hydrogens (tertiary/aromatic N) is 1. The molecule has 1 saturated heterocycles. The van der Waals surface area contributed by atoms with E-state index in [1.54, 1.807) is 30.3 Å². The number of hydrogen-bond donors (Lipinski definition) is 0. The van der Waals surface area contributed by atoms with E-state index in [1.165, 1.54) is 7.11 Å². The molecule has 4 rings (SSSR count). The number of methoxy groups -OCH3 is 1. The quantitative estimate of drug-likeness (QED) is 0.419. The second kappa shape index (κ2) is 9.29. The van der Waals surface area contributed by atoms with Gasteiger partial charge in [0.1, 0.15) is 18.1 Å². The number of halogens is 1. The van der Waals surface area contributed by atoms with Crippen LogP contribution in [-0.2, 0) is 11.4 Å². The molecular formula is C24H18ClNO4S. The second-order valence-electron chi connectivity index (χ2n) is 6.71. The SMILES string of the molecule is COc1cccc(N2C(=O)S/C(=C\c3cccc(OCc4ccc(Cl)cc4)c3)C2=O)c1. The van der Waals surface area contributed by atoms with Gasteiger partial charge in [-0.1, -0.05) is 41.9 Å². The van der Waals surface area contributed by atoms with E-state index in [0.29, 0.717) is 33.7 Å². The number of carbonyl (C=O) groups is 2. The van der Waals surface area contributed by atoms with Crippen molar-refractivity contribution >= 4 is 46.3 Å². The summed E-state index contributed by atoms with van der Waals surface area (Å²) in [5.74, 6) is 0.873. The Morgan fingerprint density at radius 1 is 0.968 bits per heavy atom. The number of benzene rings is 3. The molecule has 0 aliphatic carbocycles. The molecule has 0 aromatic heterocycles. The van der Waals surface area contributed by atoms with Gasteiger partial charge < -0.3 is 9.47 Å². The standard InChI is InChI=1S/C24H18ClNO4S/c1-29-20-6-3-5-19(14-20)26-23(27)22(31-24(26)28)13-17-4-2-7-21(12-17)30-15-16-8-10-18(25)11-9-16/h2-14H,15H2,1H3/b22-13-. The third kappa shape index (κ3) is 4.93. The van der Waals surface area contributed by atoms with Crippen molar-refractivity contribution in [2.24, 2.45) is 0 Å². The molecule has 0 unspecified atom stereocenters. The van der Waals surface area contributed by atoms with Crippen LogP contribution >= 0.6 is 23.4 Å². The lowest BCUT2D eigenvalue weighted by atomic mass is 10.2. The molecule has 3 aromatic carbocycles. The molecule has 0 atom stereocenters. The average Bonchev–Trinajstić information content (AvgIpc) is 3.06. The lowest BCUT2D eigenvalue weighted by Crippen LogP contribution is -2.27. The highest BCUT2D eigenvalue weighted by Crippen LogP contribution is 2.37. The van der Waals surface area contributed by atoms with Gasteiger partial charge in [0.25, 0.3) is 11.1 Å². The van der Waals surface area contributed by atoms with Gasteiger partial charge in [-0.15, -0.1) is 0 Å². The van der Waals surface area contributed by atoms with Gasteiger partial charge in [0.15, 0.2) is 0 Å². The fourth-order valence-corrected chi connectivity index (χ4v) is 4.00. The maximum Gasteiger partial charge on any atom is 0.298 e. The van der Waals surface area contributed by atoms with Gasteiger partial charge in [0.2, 0.25) is 0 Å². The van der Waals surface area contributed by atoms with Crippen LogP contribution in [0.3, 0.4) is 0 Å². The highest BCUT2D eigenvalue weighted by atomic mass is 35.5. The Hall–Kier alpha value is -3.22. The Kier molecular flexibility index (Phi) is 6.30. The van der Waals surface area contributed by atoms with Crippen LogP contribution < -0.4 is 14.4 Å². The van der Waals surface area contributed by atoms with Crippen LogP contribution in [-0.4, -0.2) is 18.3 Å². The van der Waals surface area contributed by atoms with Crippen LogP contribution in [0.1, 0.15) is 11.1 Å². The maximum absolute atomic E-state index is 12.9. The largest absolute Gasteiger partial charge is 0.497 e. The van der Waals surface area contributed by atoms with Crippen LogP contribution in [0.25, 0.3) is 6.08 Å². The van der Waals surface area contributed by atoms with Gasteiger partial charge in [-0.3, -0.25) is 9.59 Å². The topological polar surface area (TPSA) is 55.8 Å².